The first kappa shape index (κ1) is 25.1. The van der Waals surface area contributed by atoms with Crippen LogP contribution >= 0.6 is 0 Å². The molecule has 1 aliphatic carbocycles. The van der Waals surface area contributed by atoms with Crippen molar-refractivity contribution in [2.75, 3.05) is 0 Å². The van der Waals surface area contributed by atoms with Gasteiger partial charge >= 0.3 is 6.18 Å². The zero-order valence-electron chi connectivity index (χ0n) is 19.2. The number of fused-ring (bicyclic) bond motifs is 1. The van der Waals surface area contributed by atoms with Crippen LogP contribution in [0, 0.1) is 17.1 Å². The van der Waals surface area contributed by atoms with Gasteiger partial charge in [0.25, 0.3) is 0 Å². The first-order chi connectivity index (χ1) is 16.5. The highest BCUT2D eigenvalue weighted by atomic mass is 32.2. The number of alkyl halides is 3. The molecule has 0 bridgehead atoms. The van der Waals surface area contributed by atoms with E-state index in [0.717, 1.165) is 37.9 Å². The summed E-state index contributed by atoms with van der Waals surface area (Å²) in [5.74, 6) is -0.411. The van der Waals surface area contributed by atoms with Gasteiger partial charge in [-0.05, 0) is 56.0 Å². The smallest absolute Gasteiger partial charge is 0.335 e. The predicted octanol–water partition coefficient (Wildman–Crippen LogP) is 5.62. The molecule has 1 aliphatic rings. The number of hydrogen-bond acceptors (Lipinski definition) is 4. The third kappa shape index (κ3) is 4.65. The maximum absolute atomic E-state index is 14.6. The Kier molecular flexibility index (Phi) is 6.64. The van der Waals surface area contributed by atoms with Gasteiger partial charge in [0.2, 0.25) is 10.0 Å². The SMILES string of the molecule is CCc1cc2c(cc1F)c(C#N)c(-c1ccc(S(=O)(=O)N[C@H](C)C(F)(F)F)cn1)n2C1CCCC1. The molecule has 2 heterocycles. The van der Waals surface area contributed by atoms with Crippen LogP contribution in [-0.2, 0) is 16.4 Å². The summed E-state index contributed by atoms with van der Waals surface area (Å²) >= 11 is 0. The second-order valence-electron chi connectivity index (χ2n) is 8.72. The zero-order valence-corrected chi connectivity index (χ0v) is 20.0. The predicted molar refractivity (Wildman–Crippen MR) is 123 cm³/mol. The number of hydrogen-bond donors (Lipinski definition) is 1. The lowest BCUT2D eigenvalue weighted by Crippen LogP contribution is -2.42. The van der Waals surface area contributed by atoms with Crippen molar-refractivity contribution in [3.63, 3.8) is 0 Å². The van der Waals surface area contributed by atoms with Gasteiger partial charge in [-0.1, -0.05) is 19.8 Å². The van der Waals surface area contributed by atoms with Gasteiger partial charge in [-0.2, -0.15) is 23.2 Å². The Morgan fingerprint density at radius 3 is 2.49 bits per heavy atom. The average Bonchev–Trinajstić information content (AvgIpc) is 3.43. The molecular weight excluding hydrogens is 484 g/mol. The third-order valence-electron chi connectivity index (χ3n) is 6.47. The van der Waals surface area contributed by atoms with Crippen LogP contribution < -0.4 is 4.72 Å². The Balaban J connectivity index is 1.85. The van der Waals surface area contributed by atoms with E-state index in [2.05, 4.69) is 11.1 Å². The molecule has 1 saturated carbocycles. The fourth-order valence-corrected chi connectivity index (χ4v) is 5.77. The minimum absolute atomic E-state index is 0.0595. The number of aromatic nitrogens is 2. The maximum atomic E-state index is 14.6. The summed E-state index contributed by atoms with van der Waals surface area (Å²) < 4.78 is 81.6. The van der Waals surface area contributed by atoms with Crippen molar-refractivity contribution in [2.24, 2.45) is 0 Å². The van der Waals surface area contributed by atoms with Gasteiger partial charge in [-0.15, -0.1) is 0 Å². The number of nitrogens with one attached hydrogen (secondary N) is 1. The molecule has 6 nitrogen and oxygen atoms in total. The second-order valence-corrected chi connectivity index (χ2v) is 10.4. The van der Waals surface area contributed by atoms with Crippen molar-refractivity contribution < 1.29 is 26.0 Å². The molecule has 0 spiro atoms. The van der Waals surface area contributed by atoms with Crippen molar-refractivity contribution in [2.45, 2.75) is 69.1 Å². The number of benzene rings is 1. The summed E-state index contributed by atoms with van der Waals surface area (Å²) in [4.78, 5) is 3.79. The summed E-state index contributed by atoms with van der Waals surface area (Å²) in [5, 5.41) is 10.4. The Bertz CT molecular complexity index is 1400. The monoisotopic (exact) mass is 508 g/mol. The van der Waals surface area contributed by atoms with Gasteiger partial charge in [0, 0.05) is 17.6 Å². The van der Waals surface area contributed by atoms with Gasteiger partial charge in [-0.3, -0.25) is 4.98 Å². The lowest BCUT2D eigenvalue weighted by Gasteiger charge is -2.19. The molecule has 3 aromatic rings. The van der Waals surface area contributed by atoms with E-state index in [0.29, 0.717) is 35.5 Å². The van der Waals surface area contributed by atoms with Gasteiger partial charge in [-0.25, -0.2) is 12.8 Å². The number of nitriles is 1. The highest BCUT2D eigenvalue weighted by Crippen LogP contribution is 2.41. The molecule has 0 saturated heterocycles. The topological polar surface area (TPSA) is 87.8 Å². The molecule has 0 radical (unpaired) electrons. The second kappa shape index (κ2) is 9.24. The number of pyridine rings is 1. The molecule has 4 rings (SSSR count). The summed E-state index contributed by atoms with van der Waals surface area (Å²) in [6.07, 6.45) is 0.442. The molecule has 11 heteroatoms. The van der Waals surface area contributed by atoms with E-state index in [4.69, 9.17) is 0 Å². The van der Waals surface area contributed by atoms with Gasteiger partial charge in [0.05, 0.1) is 22.5 Å². The lowest BCUT2D eigenvalue weighted by molar-refractivity contribution is -0.147. The van der Waals surface area contributed by atoms with Crippen molar-refractivity contribution in [1.29, 1.82) is 5.26 Å². The molecule has 2 aromatic heterocycles. The Morgan fingerprint density at radius 2 is 1.94 bits per heavy atom. The molecule has 0 aliphatic heterocycles. The molecule has 1 N–H and O–H groups in total. The first-order valence-corrected chi connectivity index (χ1v) is 12.8. The van der Waals surface area contributed by atoms with Crippen LogP contribution in [0.5, 0.6) is 0 Å². The fourth-order valence-electron chi connectivity index (χ4n) is 4.60. The molecule has 0 amide bonds. The number of aryl methyl sites for hydroxylation is 1. The van der Waals surface area contributed by atoms with Crippen LogP contribution in [-0.4, -0.2) is 30.2 Å². The summed E-state index contributed by atoms with van der Waals surface area (Å²) in [7, 11) is -4.48. The summed E-state index contributed by atoms with van der Waals surface area (Å²) in [6.45, 7) is 2.55. The van der Waals surface area contributed by atoms with Crippen LogP contribution in [0.25, 0.3) is 22.3 Å². The van der Waals surface area contributed by atoms with E-state index >= 15 is 0 Å². The van der Waals surface area contributed by atoms with Crippen LogP contribution in [0.15, 0.2) is 35.4 Å². The summed E-state index contributed by atoms with van der Waals surface area (Å²) in [5.41, 5.74) is 2.18. The van der Waals surface area contributed by atoms with Gasteiger partial charge in [0.1, 0.15) is 22.8 Å². The Labute approximate surface area is 200 Å². The van der Waals surface area contributed by atoms with Gasteiger partial charge < -0.3 is 4.57 Å². The molecule has 35 heavy (non-hydrogen) atoms. The van der Waals surface area contributed by atoms with Crippen molar-refractivity contribution in [3.8, 4) is 17.5 Å². The standard InChI is InChI=1S/C24H24F4N4O2S/c1-3-15-10-22-18(11-20(15)25)19(12-29)23(32(22)16-6-4-5-7-16)21-9-8-17(13-30-21)35(33,34)31-14(2)24(26,27)28/h8-11,13-14,16,31H,3-7H2,1-2H3/t14-/m1/s1. The number of halogens is 4. The van der Waals surface area contributed by atoms with Crippen molar-refractivity contribution in [1.82, 2.24) is 14.3 Å². The maximum Gasteiger partial charge on any atom is 0.404 e. The Hall–Kier alpha value is -2.97. The van der Waals surface area contributed by atoms with Crippen molar-refractivity contribution in [3.05, 3.63) is 47.4 Å². The van der Waals surface area contributed by atoms with Gasteiger partial charge in [0.15, 0.2) is 0 Å². The molecule has 186 valence electrons. The third-order valence-corrected chi connectivity index (χ3v) is 7.99. The van der Waals surface area contributed by atoms with E-state index in [1.165, 1.54) is 12.1 Å². The van der Waals surface area contributed by atoms with E-state index in [1.807, 2.05) is 11.5 Å². The molecule has 1 fully saturated rings. The normalized spacial score (nSPS) is 16.0. The largest absolute Gasteiger partial charge is 0.404 e. The average molecular weight is 509 g/mol. The highest BCUT2D eigenvalue weighted by molar-refractivity contribution is 7.89. The molecule has 1 aromatic carbocycles. The van der Waals surface area contributed by atoms with Crippen LogP contribution in [0.2, 0.25) is 0 Å². The van der Waals surface area contributed by atoms with E-state index in [9.17, 15) is 31.2 Å². The van der Waals surface area contributed by atoms with Crippen LogP contribution in [0.4, 0.5) is 17.6 Å². The molecule has 0 unspecified atom stereocenters. The minimum atomic E-state index is -4.74. The zero-order chi connectivity index (χ0) is 25.5. The number of nitrogens with zero attached hydrogens (tertiary/aromatic N) is 3. The Morgan fingerprint density at radius 1 is 1.26 bits per heavy atom. The first-order valence-electron chi connectivity index (χ1n) is 11.3. The lowest BCUT2D eigenvalue weighted by atomic mass is 10.1. The molecular formula is C24H24F4N4O2S. The van der Waals surface area contributed by atoms with Crippen LogP contribution in [0.1, 0.15) is 56.7 Å². The fraction of sp³-hybridized carbons (Fsp3) is 0.417. The van der Waals surface area contributed by atoms with Crippen LogP contribution in [0.3, 0.4) is 0 Å². The quantitative estimate of drug-likeness (QED) is 0.438. The summed E-state index contributed by atoms with van der Waals surface area (Å²) in [6, 6.07) is 5.55. The molecule has 1 atom stereocenters. The highest BCUT2D eigenvalue weighted by Gasteiger charge is 2.39. The number of rotatable bonds is 6. The van der Waals surface area contributed by atoms with E-state index in [1.54, 1.807) is 10.8 Å². The van der Waals surface area contributed by atoms with E-state index in [-0.39, 0.29) is 17.3 Å². The minimum Gasteiger partial charge on any atom is -0.335 e. The number of sulfonamides is 1. The van der Waals surface area contributed by atoms with Crippen molar-refractivity contribution >= 4 is 20.9 Å². The van der Waals surface area contributed by atoms with E-state index < -0.39 is 33.0 Å².